The van der Waals surface area contributed by atoms with Crippen molar-refractivity contribution >= 4 is 34.2 Å². The topological polar surface area (TPSA) is 17.8 Å². The molecular formula is C17H18Cl2N2. The fraction of sp³-hybridized carbons (Fsp3) is 0.588. The Balaban J connectivity index is 1.67. The van der Waals surface area contributed by atoms with E-state index < -0.39 is 0 Å². The van der Waals surface area contributed by atoms with Gasteiger partial charge in [-0.1, -0.05) is 11.6 Å². The molecular weight excluding hydrogens is 303 g/mol. The Morgan fingerprint density at radius 2 is 1.95 bits per heavy atom. The predicted octanol–water partition coefficient (Wildman–Crippen LogP) is 5.21. The molecule has 5 rings (SSSR count). The van der Waals surface area contributed by atoms with Crippen LogP contribution in [0.4, 0.5) is 0 Å². The molecule has 1 heterocycles. The smallest absolute Gasteiger partial charge is 0.127 e. The van der Waals surface area contributed by atoms with Gasteiger partial charge in [0.15, 0.2) is 0 Å². The highest BCUT2D eigenvalue weighted by atomic mass is 35.5. The molecule has 4 heteroatoms. The van der Waals surface area contributed by atoms with E-state index in [9.17, 15) is 0 Å². The molecule has 3 fully saturated rings. The van der Waals surface area contributed by atoms with Gasteiger partial charge in [-0.2, -0.15) is 0 Å². The standard InChI is InChI=1S/C17H18Cl2N2/c1-8(18)17-20-12-7-11(19)4-5-13(12)21(17)16-14-9-2-3-10(6-9)15(14)16/h4-5,7-10,14-16H,2-3,6H2,1H3. The highest BCUT2D eigenvalue weighted by Crippen LogP contribution is 2.72. The van der Waals surface area contributed by atoms with Gasteiger partial charge in [0.2, 0.25) is 0 Å². The van der Waals surface area contributed by atoms with Gasteiger partial charge in [-0.05, 0) is 68.1 Å². The molecule has 0 amide bonds. The Morgan fingerprint density at radius 1 is 1.24 bits per heavy atom. The van der Waals surface area contributed by atoms with E-state index in [1.54, 1.807) is 0 Å². The second kappa shape index (κ2) is 4.17. The first-order valence-corrected chi connectivity index (χ1v) is 8.78. The van der Waals surface area contributed by atoms with Crippen molar-refractivity contribution < 1.29 is 0 Å². The Bertz CT molecular complexity index is 720. The summed E-state index contributed by atoms with van der Waals surface area (Å²) in [7, 11) is 0. The minimum atomic E-state index is -0.0600. The Morgan fingerprint density at radius 3 is 2.62 bits per heavy atom. The highest BCUT2D eigenvalue weighted by molar-refractivity contribution is 6.31. The molecule has 1 aromatic heterocycles. The van der Waals surface area contributed by atoms with Crippen LogP contribution in [-0.4, -0.2) is 9.55 Å². The van der Waals surface area contributed by atoms with Crippen molar-refractivity contribution in [2.45, 2.75) is 37.6 Å². The Hall–Kier alpha value is -0.730. The van der Waals surface area contributed by atoms with Crippen LogP contribution in [0.3, 0.4) is 0 Å². The number of benzene rings is 1. The van der Waals surface area contributed by atoms with Crippen LogP contribution in [0, 0.1) is 23.7 Å². The number of alkyl halides is 1. The summed E-state index contributed by atoms with van der Waals surface area (Å²) < 4.78 is 2.45. The van der Waals surface area contributed by atoms with E-state index in [-0.39, 0.29) is 5.38 Å². The molecule has 5 unspecified atom stereocenters. The normalized spacial score (nSPS) is 38.0. The summed E-state index contributed by atoms with van der Waals surface area (Å²) >= 11 is 12.5. The number of nitrogens with zero attached hydrogens (tertiary/aromatic N) is 2. The SMILES string of the molecule is CC(Cl)c1nc2cc(Cl)ccc2n1C1C2C3CCC(C3)C21. The molecule has 2 nitrogen and oxygen atoms in total. The molecule has 21 heavy (non-hydrogen) atoms. The number of fused-ring (bicyclic) bond motifs is 6. The van der Waals surface area contributed by atoms with E-state index >= 15 is 0 Å². The van der Waals surface area contributed by atoms with Crippen LogP contribution in [0.5, 0.6) is 0 Å². The van der Waals surface area contributed by atoms with Crippen molar-refractivity contribution in [3.8, 4) is 0 Å². The van der Waals surface area contributed by atoms with E-state index in [1.807, 2.05) is 19.1 Å². The van der Waals surface area contributed by atoms with Crippen LogP contribution in [0.2, 0.25) is 5.02 Å². The van der Waals surface area contributed by atoms with Crippen LogP contribution < -0.4 is 0 Å². The summed E-state index contributed by atoms with van der Waals surface area (Å²) in [6.07, 6.45) is 4.34. The molecule has 0 spiro atoms. The first kappa shape index (κ1) is 12.8. The molecule has 0 aliphatic heterocycles. The maximum absolute atomic E-state index is 6.42. The van der Waals surface area contributed by atoms with Gasteiger partial charge in [-0.3, -0.25) is 0 Å². The highest BCUT2D eigenvalue weighted by Gasteiger charge is 2.66. The lowest BCUT2D eigenvalue weighted by molar-refractivity contribution is 0.451. The van der Waals surface area contributed by atoms with Gasteiger partial charge >= 0.3 is 0 Å². The summed E-state index contributed by atoms with van der Waals surface area (Å²) in [5.41, 5.74) is 2.20. The summed E-state index contributed by atoms with van der Waals surface area (Å²) in [6.45, 7) is 2.02. The van der Waals surface area contributed by atoms with Crippen molar-refractivity contribution in [2.75, 3.05) is 0 Å². The summed E-state index contributed by atoms with van der Waals surface area (Å²) in [5.74, 6) is 4.69. The lowest BCUT2D eigenvalue weighted by Gasteiger charge is -2.15. The minimum absolute atomic E-state index is 0.0600. The average molecular weight is 321 g/mol. The molecule has 0 radical (unpaired) electrons. The molecule has 0 N–H and O–H groups in total. The van der Waals surface area contributed by atoms with E-state index in [2.05, 4.69) is 10.6 Å². The molecule has 3 saturated carbocycles. The van der Waals surface area contributed by atoms with Crippen molar-refractivity contribution in [1.29, 1.82) is 0 Å². The number of aromatic nitrogens is 2. The second-order valence-electron chi connectivity index (χ2n) is 7.07. The van der Waals surface area contributed by atoms with E-state index in [0.717, 1.165) is 40.0 Å². The van der Waals surface area contributed by atoms with Crippen molar-refractivity contribution in [2.24, 2.45) is 23.7 Å². The number of halogens is 2. The predicted molar refractivity (Wildman–Crippen MR) is 85.9 cm³/mol. The third-order valence-electron chi connectivity index (χ3n) is 6.03. The molecule has 0 saturated heterocycles. The number of rotatable bonds is 2. The van der Waals surface area contributed by atoms with Crippen LogP contribution in [0.25, 0.3) is 11.0 Å². The van der Waals surface area contributed by atoms with Gasteiger partial charge in [0.1, 0.15) is 5.82 Å². The summed E-state index contributed by atoms with van der Waals surface area (Å²) in [5, 5.41) is 0.687. The van der Waals surface area contributed by atoms with Gasteiger partial charge in [0, 0.05) is 11.1 Å². The lowest BCUT2D eigenvalue weighted by Crippen LogP contribution is -2.09. The van der Waals surface area contributed by atoms with Crippen LogP contribution in [0.1, 0.15) is 43.4 Å². The second-order valence-corrected chi connectivity index (χ2v) is 8.16. The van der Waals surface area contributed by atoms with Crippen LogP contribution in [-0.2, 0) is 0 Å². The Kier molecular flexibility index (Phi) is 2.54. The molecule has 110 valence electrons. The summed E-state index contributed by atoms with van der Waals surface area (Å²) in [4.78, 5) is 4.78. The number of hydrogen-bond donors (Lipinski definition) is 0. The zero-order valence-corrected chi connectivity index (χ0v) is 13.5. The average Bonchev–Trinajstić information content (AvgIpc) is 2.80. The molecule has 1 aromatic carbocycles. The van der Waals surface area contributed by atoms with E-state index in [4.69, 9.17) is 28.2 Å². The monoisotopic (exact) mass is 320 g/mol. The molecule has 5 atom stereocenters. The quantitative estimate of drug-likeness (QED) is 0.695. The molecule has 2 bridgehead atoms. The number of hydrogen-bond acceptors (Lipinski definition) is 1. The zero-order chi connectivity index (χ0) is 14.3. The van der Waals surface area contributed by atoms with Crippen LogP contribution >= 0.6 is 23.2 Å². The van der Waals surface area contributed by atoms with Gasteiger partial charge in [0.25, 0.3) is 0 Å². The third-order valence-corrected chi connectivity index (χ3v) is 6.46. The first-order valence-electron chi connectivity index (χ1n) is 7.96. The van der Waals surface area contributed by atoms with Gasteiger partial charge in [-0.15, -0.1) is 11.6 Å². The van der Waals surface area contributed by atoms with E-state index in [1.165, 1.54) is 24.8 Å². The van der Waals surface area contributed by atoms with Gasteiger partial charge in [-0.25, -0.2) is 4.98 Å². The summed E-state index contributed by atoms with van der Waals surface area (Å²) in [6, 6.07) is 6.68. The fourth-order valence-corrected chi connectivity index (χ4v) is 5.63. The minimum Gasteiger partial charge on any atom is -0.323 e. The fourth-order valence-electron chi connectivity index (χ4n) is 5.31. The molecule has 3 aliphatic carbocycles. The van der Waals surface area contributed by atoms with Gasteiger partial charge < -0.3 is 4.57 Å². The maximum atomic E-state index is 6.42. The zero-order valence-electron chi connectivity index (χ0n) is 12.0. The molecule has 3 aliphatic rings. The maximum Gasteiger partial charge on any atom is 0.127 e. The van der Waals surface area contributed by atoms with Crippen molar-refractivity contribution in [1.82, 2.24) is 9.55 Å². The number of imidazole rings is 1. The largest absolute Gasteiger partial charge is 0.323 e. The molecule has 2 aromatic rings. The van der Waals surface area contributed by atoms with Crippen LogP contribution in [0.15, 0.2) is 18.2 Å². The first-order chi connectivity index (χ1) is 10.1. The van der Waals surface area contributed by atoms with Gasteiger partial charge in [0.05, 0.1) is 16.4 Å². The van der Waals surface area contributed by atoms with Crippen molar-refractivity contribution in [3.63, 3.8) is 0 Å². The van der Waals surface area contributed by atoms with Crippen molar-refractivity contribution in [3.05, 3.63) is 29.0 Å². The lowest BCUT2D eigenvalue weighted by atomic mass is 10.0. The Labute approximate surface area is 134 Å². The van der Waals surface area contributed by atoms with E-state index in [0.29, 0.717) is 6.04 Å². The third kappa shape index (κ3) is 1.64.